The molecule has 0 spiro atoms. The molecule has 1 heterocycles. The third-order valence-electron chi connectivity index (χ3n) is 0.863. The first-order chi connectivity index (χ1) is 4.61. The van der Waals surface area contributed by atoms with Gasteiger partial charge in [-0.2, -0.15) is 18.3 Å². The monoisotopic (exact) mass is 208 g/mol. The van der Waals surface area contributed by atoms with Crippen molar-refractivity contribution in [2.24, 2.45) is 0 Å². The van der Waals surface area contributed by atoms with E-state index in [1.54, 1.807) is 0 Å². The fraction of sp³-hybridized carbons (Fsp3) is 0.200. The maximum Gasteiger partial charge on any atom is 0.435 e. The van der Waals surface area contributed by atoms with Crippen molar-refractivity contribution >= 4 is 0 Å². The van der Waals surface area contributed by atoms with E-state index in [-0.39, 0.29) is 14.1 Å². The van der Waals surface area contributed by atoms with Crippen LogP contribution in [0.25, 0.3) is 0 Å². The van der Waals surface area contributed by atoms with Crippen LogP contribution >= 0.6 is 0 Å². The van der Waals surface area contributed by atoms with Gasteiger partial charge in [0.25, 0.3) is 0 Å². The molecule has 1 rings (SSSR count). The molecule has 13 heavy (non-hydrogen) atoms. The third-order valence-corrected chi connectivity index (χ3v) is 0.863. The summed E-state index contributed by atoms with van der Waals surface area (Å²) in [6.45, 7) is 0. The van der Waals surface area contributed by atoms with Crippen molar-refractivity contribution in [3.8, 4) is 0 Å². The van der Waals surface area contributed by atoms with Crippen LogP contribution in [0.15, 0.2) is 18.3 Å². The molecule has 0 saturated heterocycles. The van der Waals surface area contributed by atoms with Crippen LogP contribution in [0.3, 0.4) is 0 Å². The Balaban J connectivity index is -0.000000333. The van der Waals surface area contributed by atoms with Crippen LogP contribution in [-0.2, 0) is 6.18 Å². The molecule has 78 valence electrons. The Morgan fingerprint density at radius 3 is 1.85 bits per heavy atom. The summed E-state index contributed by atoms with van der Waals surface area (Å²) in [5.74, 6) is 0. The number of hydrogen-bond donors (Lipinski definition) is 0. The molecule has 0 aliphatic carbocycles. The summed E-state index contributed by atoms with van der Waals surface area (Å²) in [5, 5.41) is 5.96. The Hall–Kier alpha value is -1.34. The summed E-state index contributed by atoms with van der Waals surface area (Å²) in [6.07, 6.45) is -3.19. The van der Waals surface area contributed by atoms with Gasteiger partial charge in [0.2, 0.25) is 0 Å². The van der Waals surface area contributed by atoms with Gasteiger partial charge in [-0.3, -0.25) is 14.1 Å². The van der Waals surface area contributed by atoms with Crippen LogP contribution in [0.4, 0.5) is 27.3 Å². The number of nitrogens with zero attached hydrogens (tertiary/aromatic N) is 2. The zero-order valence-corrected chi connectivity index (χ0v) is 5.99. The fourth-order valence-electron chi connectivity index (χ4n) is 0.453. The van der Waals surface area contributed by atoms with Crippen molar-refractivity contribution in [3.63, 3.8) is 0 Å². The minimum absolute atomic E-state index is 0. The Labute approximate surface area is 68.9 Å². The van der Waals surface area contributed by atoms with E-state index in [0.717, 1.165) is 6.07 Å². The Bertz CT molecular complexity index is 210. The quantitative estimate of drug-likeness (QED) is 0.609. The van der Waals surface area contributed by atoms with Crippen LogP contribution in [0, 0.1) is 0 Å². The van der Waals surface area contributed by atoms with E-state index in [9.17, 15) is 13.2 Å². The predicted molar refractivity (Wildman–Crippen MR) is 34.5 cm³/mol. The first kappa shape index (κ1) is 17.7. The molecule has 0 unspecified atom stereocenters. The summed E-state index contributed by atoms with van der Waals surface area (Å²) in [7, 11) is 0. The molecular weight excluding hydrogens is 202 g/mol. The van der Waals surface area contributed by atoms with Crippen LogP contribution in [0.2, 0.25) is 0 Å². The lowest BCUT2D eigenvalue weighted by molar-refractivity contribution is -0.141. The van der Waals surface area contributed by atoms with E-state index in [1.165, 1.54) is 12.3 Å². The SMILES string of the molecule is F.F.F.FC(F)(F)c1cccnn1. The summed E-state index contributed by atoms with van der Waals surface area (Å²) >= 11 is 0. The topological polar surface area (TPSA) is 25.8 Å². The molecule has 0 saturated carbocycles. The van der Waals surface area contributed by atoms with Crippen LogP contribution in [-0.4, -0.2) is 10.2 Å². The number of rotatable bonds is 0. The lowest BCUT2D eigenvalue weighted by Crippen LogP contribution is -2.07. The van der Waals surface area contributed by atoms with E-state index < -0.39 is 11.9 Å². The average molecular weight is 208 g/mol. The van der Waals surface area contributed by atoms with E-state index in [1.807, 2.05) is 0 Å². The zero-order valence-electron chi connectivity index (χ0n) is 5.99. The number of aromatic nitrogens is 2. The summed E-state index contributed by atoms with van der Waals surface area (Å²) in [5.41, 5.74) is -0.963. The second-order valence-electron chi connectivity index (χ2n) is 1.61. The van der Waals surface area contributed by atoms with E-state index in [4.69, 9.17) is 0 Å². The second-order valence-corrected chi connectivity index (χ2v) is 1.61. The molecule has 0 atom stereocenters. The van der Waals surface area contributed by atoms with Gasteiger partial charge in [-0.25, -0.2) is 0 Å². The minimum atomic E-state index is -4.38. The van der Waals surface area contributed by atoms with E-state index in [0.29, 0.717) is 0 Å². The zero-order chi connectivity index (χ0) is 7.61. The van der Waals surface area contributed by atoms with Crippen molar-refractivity contribution < 1.29 is 27.3 Å². The molecule has 0 amide bonds. The minimum Gasteiger partial charge on any atom is -0.269 e. The average Bonchev–Trinajstić information content (AvgIpc) is 1.88. The standard InChI is InChI=1S/C5H3F3N2.3FH/c6-5(7,8)4-2-1-3-9-10-4;;;/h1-3H;3*1H. The van der Waals surface area contributed by atoms with Gasteiger partial charge in [-0.1, -0.05) is 0 Å². The highest BCUT2D eigenvalue weighted by atomic mass is 19.4. The van der Waals surface area contributed by atoms with Crippen LogP contribution < -0.4 is 0 Å². The first-order valence-corrected chi connectivity index (χ1v) is 2.45. The van der Waals surface area contributed by atoms with Gasteiger partial charge in [0, 0.05) is 6.20 Å². The normalized spacial score (nSPS) is 8.85. The molecule has 0 aliphatic heterocycles. The fourth-order valence-corrected chi connectivity index (χ4v) is 0.453. The Kier molecular flexibility index (Phi) is 8.43. The van der Waals surface area contributed by atoms with Gasteiger partial charge in [0.1, 0.15) is 0 Å². The second kappa shape index (κ2) is 6.21. The number of hydrogen-bond acceptors (Lipinski definition) is 2. The Morgan fingerprint density at radius 1 is 1.08 bits per heavy atom. The molecule has 0 bridgehead atoms. The predicted octanol–water partition coefficient (Wildman–Crippen LogP) is 1.95. The lowest BCUT2D eigenvalue weighted by Gasteiger charge is -2.01. The van der Waals surface area contributed by atoms with Gasteiger partial charge in [-0.05, 0) is 12.1 Å². The van der Waals surface area contributed by atoms with Crippen molar-refractivity contribution in [2.45, 2.75) is 6.18 Å². The van der Waals surface area contributed by atoms with Gasteiger partial charge < -0.3 is 0 Å². The van der Waals surface area contributed by atoms with E-state index >= 15 is 0 Å². The van der Waals surface area contributed by atoms with Gasteiger partial charge in [0.15, 0.2) is 5.69 Å². The van der Waals surface area contributed by atoms with Crippen molar-refractivity contribution in [1.29, 1.82) is 0 Å². The smallest absolute Gasteiger partial charge is 0.269 e. The molecule has 2 nitrogen and oxygen atoms in total. The maximum absolute atomic E-state index is 11.7. The molecule has 0 aliphatic rings. The first-order valence-electron chi connectivity index (χ1n) is 2.45. The van der Waals surface area contributed by atoms with Gasteiger partial charge in [-0.15, -0.1) is 5.10 Å². The molecule has 8 heteroatoms. The largest absolute Gasteiger partial charge is 0.435 e. The molecule has 1 aromatic rings. The lowest BCUT2D eigenvalue weighted by atomic mass is 10.4. The molecule has 0 aromatic carbocycles. The highest BCUT2D eigenvalue weighted by molar-refractivity contribution is 5.02. The molecular formula is C5H6F6N2. The van der Waals surface area contributed by atoms with Crippen molar-refractivity contribution in [2.75, 3.05) is 0 Å². The van der Waals surface area contributed by atoms with E-state index in [2.05, 4.69) is 10.2 Å². The van der Waals surface area contributed by atoms with Gasteiger partial charge >= 0.3 is 6.18 Å². The number of halogens is 6. The number of alkyl halides is 3. The van der Waals surface area contributed by atoms with Crippen LogP contribution in [0.5, 0.6) is 0 Å². The third kappa shape index (κ3) is 4.99. The molecule has 1 aromatic heterocycles. The Morgan fingerprint density at radius 2 is 1.62 bits per heavy atom. The summed E-state index contributed by atoms with van der Waals surface area (Å²) in [4.78, 5) is 0. The van der Waals surface area contributed by atoms with Gasteiger partial charge in [0.05, 0.1) is 0 Å². The van der Waals surface area contributed by atoms with Crippen molar-refractivity contribution in [1.82, 2.24) is 10.2 Å². The summed E-state index contributed by atoms with van der Waals surface area (Å²) in [6, 6.07) is 2.06. The highest BCUT2D eigenvalue weighted by Gasteiger charge is 2.32. The molecule has 0 fully saturated rings. The summed E-state index contributed by atoms with van der Waals surface area (Å²) < 4.78 is 35.1. The highest BCUT2D eigenvalue weighted by Crippen LogP contribution is 2.25. The molecule has 0 radical (unpaired) electrons. The van der Waals surface area contributed by atoms with Crippen LogP contribution in [0.1, 0.15) is 5.69 Å². The van der Waals surface area contributed by atoms with Crippen molar-refractivity contribution in [3.05, 3.63) is 24.0 Å². The maximum atomic E-state index is 11.7. The molecule has 0 N–H and O–H groups in total.